The second-order valence-electron chi connectivity index (χ2n) is 30.8. The van der Waals surface area contributed by atoms with E-state index in [1.165, 1.54) is 0 Å². The maximum atomic E-state index is 17.3. The number of aromatic amines is 2. The van der Waals surface area contributed by atoms with Crippen molar-refractivity contribution in [1.29, 1.82) is 0 Å². The van der Waals surface area contributed by atoms with Crippen LogP contribution in [-0.4, -0.2) is 64.9 Å². The second kappa shape index (κ2) is 34.1. The van der Waals surface area contributed by atoms with E-state index in [1.807, 2.05) is 9.97 Å². The van der Waals surface area contributed by atoms with E-state index < -0.39 is 450 Å². The van der Waals surface area contributed by atoms with E-state index in [4.69, 9.17) is 0 Å². The molecule has 49 heteroatoms. The molecule has 3 aromatic heterocycles. The zero-order chi connectivity index (χ0) is 101. The zero-order valence-corrected chi connectivity index (χ0v) is 67.2. The van der Waals surface area contributed by atoms with Gasteiger partial charge in [0.15, 0.2) is 186 Å². The van der Waals surface area contributed by atoms with Crippen LogP contribution in [0.5, 0.6) is 0 Å². The van der Waals surface area contributed by atoms with Crippen LogP contribution in [0.3, 0.4) is 0 Å². The molecule has 0 aliphatic carbocycles. The van der Waals surface area contributed by atoms with Crippen LogP contribution in [0.4, 0.5) is 176 Å². The minimum Gasteiger partial charge on any atom is -0.354 e. The van der Waals surface area contributed by atoms with Gasteiger partial charge in [-0.1, -0.05) is 0 Å². The zero-order valence-electron chi connectivity index (χ0n) is 67.2. The van der Waals surface area contributed by atoms with Crippen molar-refractivity contribution in [2.75, 3.05) is 20.1 Å². The summed E-state index contributed by atoms with van der Waals surface area (Å²) in [5, 5.41) is 0. The summed E-state index contributed by atoms with van der Waals surface area (Å²) in [6.07, 6.45) is -0.780. The van der Waals surface area contributed by atoms with Gasteiger partial charge in [-0.05, 0) is 92.8 Å². The third kappa shape index (κ3) is 14.0. The fourth-order valence-electron chi connectivity index (χ4n) is 17.0. The number of nitrogens with one attached hydrogen (secondary N) is 2. The first-order valence-corrected chi connectivity index (χ1v) is 38.7. The minimum absolute atomic E-state index is 0.237. The smallest absolute Gasteiger partial charge is 0.200 e. The van der Waals surface area contributed by atoms with Gasteiger partial charge in [-0.15, -0.1) is 0 Å². The summed E-state index contributed by atoms with van der Waals surface area (Å²) >= 11 is 0. The molecule has 0 saturated carbocycles. The highest BCUT2D eigenvalue weighted by Crippen LogP contribution is 2.55. The van der Waals surface area contributed by atoms with E-state index in [0.29, 0.717) is 0 Å². The van der Waals surface area contributed by atoms with Crippen LogP contribution in [0.1, 0.15) is 80.2 Å². The van der Waals surface area contributed by atoms with E-state index in [-0.39, 0.29) is 72.9 Å². The summed E-state index contributed by atoms with van der Waals surface area (Å²) in [5.41, 5.74) is -56.4. The lowest BCUT2D eigenvalue weighted by atomic mass is 9.86. The first kappa shape index (κ1) is 95.0. The van der Waals surface area contributed by atoms with Crippen LogP contribution >= 0.6 is 0 Å². The van der Waals surface area contributed by atoms with E-state index in [1.54, 1.807) is 0 Å². The van der Waals surface area contributed by atoms with Crippen molar-refractivity contribution in [2.24, 2.45) is 0 Å². The molecule has 1 fully saturated rings. The van der Waals surface area contributed by atoms with Crippen molar-refractivity contribution in [3.63, 3.8) is 0 Å². The van der Waals surface area contributed by atoms with Crippen molar-refractivity contribution in [2.45, 2.75) is 24.7 Å². The van der Waals surface area contributed by atoms with Gasteiger partial charge in [0.2, 0.25) is 46.5 Å². The van der Waals surface area contributed by atoms with Gasteiger partial charge >= 0.3 is 0 Å². The van der Waals surface area contributed by atoms with E-state index >= 15 is 176 Å². The molecule has 140 heavy (non-hydrogen) atoms. The van der Waals surface area contributed by atoms with Gasteiger partial charge in [0.05, 0.1) is 113 Å². The van der Waals surface area contributed by atoms with Gasteiger partial charge in [0.25, 0.3) is 0 Å². The molecular weight excluding hydrogens is 1980 g/mol. The van der Waals surface area contributed by atoms with Crippen LogP contribution in [0, 0.1) is 233 Å². The maximum absolute atomic E-state index is 17.3. The second-order valence-corrected chi connectivity index (χ2v) is 30.8. The number of aromatic nitrogens is 8. The topological polar surface area (TPSA) is 112 Å². The Balaban J connectivity index is 1.13. The number of nitrogens with zero attached hydrogens (tertiary/aromatic N) is 7. The fraction of sp³-hybridized carbons (Fsp3) is 0.0769. The molecule has 9 nitrogen and oxygen atoms in total. The maximum Gasteiger partial charge on any atom is 0.200 e. The summed E-state index contributed by atoms with van der Waals surface area (Å²) in [5.74, 6) is -124. The van der Waals surface area contributed by atoms with Crippen LogP contribution in [0.15, 0.2) is 24.3 Å². The Labute approximate surface area is 747 Å². The summed E-state index contributed by atoms with van der Waals surface area (Å²) in [4.78, 5) is 29.1. The quantitative estimate of drug-likeness (QED) is 0.0885. The van der Waals surface area contributed by atoms with E-state index in [2.05, 4.69) is 29.9 Å². The van der Waals surface area contributed by atoms with Gasteiger partial charge in [0, 0.05) is 91.5 Å². The molecule has 18 rings (SSSR count). The summed E-state index contributed by atoms with van der Waals surface area (Å²) < 4.78 is 652. The van der Waals surface area contributed by atoms with Gasteiger partial charge in [-0.25, -0.2) is 196 Å². The summed E-state index contributed by atoms with van der Waals surface area (Å²) in [7, 11) is 1.05. The molecule has 0 spiro atoms. The number of halogens is 40. The number of hydrogen-bond acceptors (Lipinski definition) is 7. The molecule has 8 aromatic carbocycles. The lowest BCUT2D eigenvalue weighted by Gasteiger charge is -2.16. The van der Waals surface area contributed by atoms with Crippen LogP contribution in [0.25, 0.3) is 160 Å². The fourth-order valence-corrected chi connectivity index (χ4v) is 17.0. The van der Waals surface area contributed by atoms with Gasteiger partial charge in [-0.2, -0.15) is 0 Å². The molecule has 0 radical (unpaired) electrons. The highest BCUT2D eigenvalue weighted by Gasteiger charge is 2.48. The molecule has 2 atom stereocenters. The van der Waals surface area contributed by atoms with E-state index in [0.717, 1.165) is 11.9 Å². The van der Waals surface area contributed by atoms with Crippen LogP contribution in [-0.2, 0) is 12.8 Å². The van der Waals surface area contributed by atoms with Gasteiger partial charge < -0.3 is 14.9 Å². The van der Waals surface area contributed by atoms with Crippen LogP contribution in [0.2, 0.25) is 0 Å². The average Bonchev–Trinajstić information content (AvgIpc) is 1.56. The molecule has 2 unspecified atom stereocenters. The number of aryl methyl sites for hydroxylation is 2. The first-order chi connectivity index (χ1) is 66.1. The Kier molecular flexibility index (Phi) is 23.1. The number of likely N-dealkylation sites (N-methyl/N-ethyl adjacent to an activating group) is 1. The number of fused-ring (bicyclic) bond motifs is 19. The molecule has 7 aliphatic rings. The number of hydrogen-bond donors (Lipinski definition) is 2. The summed E-state index contributed by atoms with van der Waals surface area (Å²) in [6, 6.07) is 1.07. The van der Waals surface area contributed by atoms with Gasteiger partial charge in [0.1, 0.15) is 0 Å². The first-order valence-electron chi connectivity index (χ1n) is 38.7. The number of benzene rings is 8. The molecule has 716 valence electrons. The largest absolute Gasteiger partial charge is 0.354 e. The van der Waals surface area contributed by atoms with Crippen LogP contribution < -0.4 is 0 Å². The number of rotatable bonds is 8. The Morgan fingerprint density at radius 2 is 0.321 bits per heavy atom. The van der Waals surface area contributed by atoms with Gasteiger partial charge in [-0.3, -0.25) is 9.97 Å². The Bertz CT molecular complexity index is 7600. The summed E-state index contributed by atoms with van der Waals surface area (Å²) in [6.45, 7) is -1.74. The third-order valence-corrected chi connectivity index (χ3v) is 23.1. The van der Waals surface area contributed by atoms with Crippen molar-refractivity contribution in [1.82, 2.24) is 44.8 Å². The highest BCUT2D eigenvalue weighted by atomic mass is 19.2. The molecule has 0 amide bonds. The molecule has 11 aromatic rings. The standard InChI is InChI=1S/C91H27F40N9/c1-140-16-18-19(17-140)91-41(49-64(106)80(122)89(131)81(123)65(49)107)33-15-13-31(138-33)39(47-60(102)76(118)87(129)77(119)61(47)103)29-11-9-27(136-29)37(45-56(98)72(114)85(127)73(115)57(45)99)25-7-5-23(134-25)35(43-52(94)68(110)83(125)69(111)53(43)95)21-3-2-20(132-21)34(42-50(92)66(108)82(124)67(109)51(42)93)22-4-6-24(133-22)36(44-54(96)70(112)84(126)71(113)55(44)97)26-8-10-28(135-26)38(46-58(100)74(116)86(128)75(117)59(46)101)30-12-14-32(137-30)40(90(18)139-91)48-62(104)78(120)88(130)79(121)63(48)105/h4-15,18-19,135-136H,2-3,16-17H2,1H3. The van der Waals surface area contributed by atoms with Crippen molar-refractivity contribution < 1.29 is 176 Å². The predicted octanol–water partition coefficient (Wildman–Crippen LogP) is 26.8. The predicted molar refractivity (Wildman–Crippen MR) is 411 cm³/mol. The normalized spacial score (nSPS) is 14.3. The van der Waals surface area contributed by atoms with Crippen molar-refractivity contribution >= 4 is 70.7 Å². The average molecular weight is 2010 g/mol. The molecule has 16 bridgehead atoms. The Morgan fingerprint density at radius 3 is 0.500 bits per heavy atom. The molecular formula is C91H27F40N9. The molecule has 10 heterocycles. The number of likely N-dealkylation sites (tertiary alicyclic amines) is 1. The number of H-pyrrole nitrogens is 2. The molecule has 1 saturated heterocycles. The SMILES string of the molecule is CN1CC2c3nc(c(-c4c(F)c(F)c(F)c(F)c4F)c4nc(c(-c5c(F)c(F)c(F)c(F)c5F)c5ccc([nH]5)c(-c5c(F)c(F)c(F)c(F)c5F)c5nc(c(-c6c(F)c(F)c(F)c(F)c6F)c6nc(c(-c7c(F)c(F)c(F)c(F)c7F)c7nc(c(-c8c(F)c(F)c(F)c(F)c8F)c8ccc([nH]8)c(-c8c(F)c(F)c(F)c(F)c8F)c8nc(c3-c3c(F)c(F)c(F)c(F)c3F)C=C8)C=C7)CC6)C=C5)C=C4)C2C1. The molecule has 2 N–H and O–H groups in total. The monoisotopic (exact) mass is 2010 g/mol. The minimum atomic E-state index is -3.05. The lowest BCUT2D eigenvalue weighted by molar-refractivity contribution is 0.381. The van der Waals surface area contributed by atoms with Crippen molar-refractivity contribution in [3.05, 3.63) is 325 Å². The Morgan fingerprint density at radius 1 is 0.179 bits per heavy atom. The lowest BCUT2D eigenvalue weighted by Crippen LogP contribution is -2.15. The van der Waals surface area contributed by atoms with Crippen molar-refractivity contribution in [3.8, 4) is 89.0 Å². The third-order valence-electron chi connectivity index (χ3n) is 23.1. The van der Waals surface area contributed by atoms with E-state index in [9.17, 15) is 0 Å². The molecule has 7 aliphatic heterocycles. The highest BCUT2D eigenvalue weighted by molar-refractivity contribution is 6.01. The Hall–Kier alpha value is -15.4.